The molecule has 0 saturated carbocycles. The van der Waals surface area contributed by atoms with Gasteiger partial charge < -0.3 is 10.8 Å². The summed E-state index contributed by atoms with van der Waals surface area (Å²) in [7, 11) is -3.41. The maximum absolute atomic E-state index is 11.2. The lowest BCUT2D eigenvalue weighted by Crippen LogP contribution is -2.12. The van der Waals surface area contributed by atoms with Gasteiger partial charge >= 0.3 is 5.97 Å². The maximum Gasteiger partial charge on any atom is 0.303 e. The van der Waals surface area contributed by atoms with Crippen LogP contribution >= 0.6 is 0 Å². The lowest BCUT2D eigenvalue weighted by molar-refractivity contribution is -0.136. The van der Waals surface area contributed by atoms with E-state index >= 15 is 0 Å². The van der Waals surface area contributed by atoms with Crippen molar-refractivity contribution in [2.75, 3.05) is 12.0 Å². The van der Waals surface area contributed by atoms with E-state index in [4.69, 9.17) is 10.8 Å². The van der Waals surface area contributed by atoms with Crippen LogP contribution in [0.1, 0.15) is 12.0 Å². The number of anilines is 1. The molecule has 0 atom stereocenters. The summed E-state index contributed by atoms with van der Waals surface area (Å²) in [6.45, 7) is 0. The quantitative estimate of drug-likeness (QED) is 0.754. The number of rotatable bonds is 4. The average Bonchev–Trinajstić information content (AvgIpc) is 2.42. The Balaban J connectivity index is 2.95. The summed E-state index contributed by atoms with van der Waals surface area (Å²) in [6, 6.07) is 1.51. The molecule has 1 aromatic rings. The smallest absolute Gasteiger partial charge is 0.303 e. The zero-order valence-corrected chi connectivity index (χ0v) is 8.99. The molecule has 0 fully saturated rings. The molecule has 0 aliphatic heterocycles. The second kappa shape index (κ2) is 3.93. The number of aliphatic carboxylic acids is 1. The second-order valence-corrected chi connectivity index (χ2v) is 5.04. The Morgan fingerprint density at radius 1 is 1.60 bits per heavy atom. The van der Waals surface area contributed by atoms with E-state index in [0.29, 0.717) is 5.56 Å². The van der Waals surface area contributed by atoms with E-state index in [1.54, 1.807) is 0 Å². The van der Waals surface area contributed by atoms with E-state index in [0.717, 1.165) is 10.2 Å². The average molecular weight is 232 g/mol. The third-order valence-corrected chi connectivity index (χ3v) is 2.98. The lowest BCUT2D eigenvalue weighted by atomic mass is 10.2. The number of hydrogen-bond donors (Lipinski definition) is 2. The predicted molar refractivity (Wildman–Crippen MR) is 55.0 cm³/mol. The Bertz CT molecular complexity index is 475. The Morgan fingerprint density at radius 2 is 2.20 bits per heavy atom. The van der Waals surface area contributed by atoms with Gasteiger partial charge in [0.1, 0.15) is 5.82 Å². The number of nitrogens with zero attached hydrogens (tertiary/aromatic N) is 1. The monoisotopic (exact) mass is 232 g/mol. The Labute approximate surface area is 87.4 Å². The lowest BCUT2D eigenvalue weighted by Gasteiger charge is -2.03. The molecule has 15 heavy (non-hydrogen) atoms. The van der Waals surface area contributed by atoms with Crippen molar-refractivity contribution >= 4 is 21.8 Å². The number of hydrogen-bond acceptors (Lipinski definition) is 4. The summed E-state index contributed by atoms with van der Waals surface area (Å²) >= 11 is 0. The number of aryl methyl sites for hydroxylation is 1. The van der Waals surface area contributed by atoms with Crippen molar-refractivity contribution in [3.63, 3.8) is 0 Å². The zero-order chi connectivity index (χ0) is 11.6. The molecule has 0 aliphatic rings. The zero-order valence-electron chi connectivity index (χ0n) is 8.17. The normalized spacial score (nSPS) is 11.5. The largest absolute Gasteiger partial charge is 0.481 e. The van der Waals surface area contributed by atoms with Gasteiger partial charge in [0.25, 0.3) is 0 Å². The molecule has 0 bridgehead atoms. The molecular formula is C8H12N2O4S. The van der Waals surface area contributed by atoms with E-state index in [1.165, 1.54) is 12.3 Å². The Kier molecular flexibility index (Phi) is 3.04. The van der Waals surface area contributed by atoms with Crippen molar-refractivity contribution < 1.29 is 18.3 Å². The van der Waals surface area contributed by atoms with Crippen LogP contribution in [0.25, 0.3) is 0 Å². The third kappa shape index (κ3) is 2.72. The number of aromatic nitrogens is 1. The van der Waals surface area contributed by atoms with Crippen LogP contribution in [-0.4, -0.2) is 29.7 Å². The van der Waals surface area contributed by atoms with Crippen molar-refractivity contribution in [2.45, 2.75) is 12.8 Å². The SMILES string of the molecule is CS(=O)(=O)n1ccc(CCC(=O)O)c1N. The van der Waals surface area contributed by atoms with Crippen LogP contribution in [0.5, 0.6) is 0 Å². The second-order valence-electron chi connectivity index (χ2n) is 3.18. The molecule has 0 spiro atoms. The summed E-state index contributed by atoms with van der Waals surface area (Å²) in [6.07, 6.45) is 2.51. The van der Waals surface area contributed by atoms with Crippen LogP contribution in [0, 0.1) is 0 Å². The molecule has 6 nitrogen and oxygen atoms in total. The van der Waals surface area contributed by atoms with E-state index < -0.39 is 16.0 Å². The molecule has 0 saturated heterocycles. The van der Waals surface area contributed by atoms with E-state index in [-0.39, 0.29) is 18.7 Å². The first-order chi connectivity index (χ1) is 6.82. The first-order valence-electron chi connectivity index (χ1n) is 4.20. The summed E-state index contributed by atoms with van der Waals surface area (Å²) in [5.41, 5.74) is 6.10. The van der Waals surface area contributed by atoms with E-state index in [2.05, 4.69) is 0 Å². The van der Waals surface area contributed by atoms with Crippen molar-refractivity contribution in [3.05, 3.63) is 17.8 Å². The van der Waals surface area contributed by atoms with Gasteiger partial charge in [-0.1, -0.05) is 0 Å². The van der Waals surface area contributed by atoms with Gasteiger partial charge in [0.2, 0.25) is 10.0 Å². The highest BCUT2D eigenvalue weighted by Gasteiger charge is 2.13. The number of carboxylic acids is 1. The fraction of sp³-hybridized carbons (Fsp3) is 0.375. The van der Waals surface area contributed by atoms with Gasteiger partial charge in [0, 0.05) is 12.6 Å². The highest BCUT2D eigenvalue weighted by atomic mass is 32.2. The van der Waals surface area contributed by atoms with Gasteiger partial charge in [-0.25, -0.2) is 12.4 Å². The van der Waals surface area contributed by atoms with E-state index in [9.17, 15) is 13.2 Å². The van der Waals surface area contributed by atoms with Gasteiger partial charge in [0.05, 0.1) is 6.26 Å². The molecule has 0 amide bonds. The highest BCUT2D eigenvalue weighted by molar-refractivity contribution is 7.89. The fourth-order valence-corrected chi connectivity index (χ4v) is 1.96. The van der Waals surface area contributed by atoms with Crippen LogP contribution in [0.15, 0.2) is 12.3 Å². The van der Waals surface area contributed by atoms with Crippen LogP contribution in [0.2, 0.25) is 0 Å². The van der Waals surface area contributed by atoms with Gasteiger partial charge in [0.15, 0.2) is 0 Å². The molecule has 84 valence electrons. The standard InChI is InChI=1S/C8H12N2O4S/c1-15(13,14)10-5-4-6(8(10)9)2-3-7(11)12/h4-5H,2-3,9H2,1H3,(H,11,12). The molecule has 0 radical (unpaired) electrons. The van der Waals surface area contributed by atoms with Gasteiger partial charge in [-0.2, -0.15) is 0 Å². The molecule has 0 unspecified atom stereocenters. The van der Waals surface area contributed by atoms with Crippen molar-refractivity contribution in [1.82, 2.24) is 3.97 Å². The summed E-state index contributed by atoms with van der Waals surface area (Å²) in [4.78, 5) is 10.3. The molecule has 1 rings (SSSR count). The van der Waals surface area contributed by atoms with Gasteiger partial charge in [-0.05, 0) is 18.1 Å². The molecule has 7 heteroatoms. The van der Waals surface area contributed by atoms with Gasteiger partial charge in [-0.15, -0.1) is 0 Å². The molecule has 1 heterocycles. The minimum Gasteiger partial charge on any atom is -0.481 e. The third-order valence-electron chi connectivity index (χ3n) is 1.94. The Hall–Kier alpha value is -1.50. The first-order valence-corrected chi connectivity index (χ1v) is 6.05. The van der Waals surface area contributed by atoms with Crippen LogP contribution in [0.4, 0.5) is 5.82 Å². The van der Waals surface area contributed by atoms with Crippen LogP contribution in [-0.2, 0) is 21.2 Å². The topological polar surface area (TPSA) is 102 Å². The van der Waals surface area contributed by atoms with E-state index in [1.807, 2.05) is 0 Å². The molecule has 0 aliphatic carbocycles. The fourth-order valence-electron chi connectivity index (χ4n) is 1.21. The Morgan fingerprint density at radius 3 is 2.60 bits per heavy atom. The van der Waals surface area contributed by atoms with Crippen molar-refractivity contribution in [1.29, 1.82) is 0 Å². The minimum absolute atomic E-state index is 0.0715. The maximum atomic E-state index is 11.2. The van der Waals surface area contributed by atoms with Crippen LogP contribution < -0.4 is 5.73 Å². The highest BCUT2D eigenvalue weighted by Crippen LogP contribution is 2.17. The molecule has 3 N–H and O–H groups in total. The summed E-state index contributed by atoms with van der Waals surface area (Å²) in [5, 5.41) is 8.47. The number of carbonyl (C=O) groups is 1. The number of nitrogen functional groups attached to an aromatic ring is 1. The summed E-state index contributed by atoms with van der Waals surface area (Å²) in [5.74, 6) is -0.861. The van der Waals surface area contributed by atoms with Crippen LogP contribution in [0.3, 0.4) is 0 Å². The van der Waals surface area contributed by atoms with Gasteiger partial charge in [-0.3, -0.25) is 4.79 Å². The van der Waals surface area contributed by atoms with Crippen molar-refractivity contribution in [3.8, 4) is 0 Å². The summed E-state index contributed by atoms with van der Waals surface area (Å²) < 4.78 is 23.3. The molecular weight excluding hydrogens is 220 g/mol. The minimum atomic E-state index is -3.41. The predicted octanol–water partition coefficient (Wildman–Crippen LogP) is -0.105. The molecule has 0 aromatic carbocycles. The van der Waals surface area contributed by atoms with Crippen molar-refractivity contribution in [2.24, 2.45) is 0 Å². The number of nitrogens with two attached hydrogens (primary N) is 1. The first kappa shape index (κ1) is 11.6. The molecule has 1 aromatic heterocycles. The number of carboxylic acid groups (broad SMARTS) is 1.